The lowest BCUT2D eigenvalue weighted by atomic mass is 9.97. The third kappa shape index (κ3) is 14.5. The molecule has 2 atom stereocenters. The van der Waals surface area contributed by atoms with Crippen molar-refractivity contribution in [3.05, 3.63) is 165 Å². The van der Waals surface area contributed by atoms with Gasteiger partial charge in [0.2, 0.25) is 0 Å². The number of phenolic OH excluding ortho intramolecular Hbond substituents is 1. The van der Waals surface area contributed by atoms with Gasteiger partial charge in [0.15, 0.2) is 0 Å². The first-order chi connectivity index (χ1) is 30.4. The molecule has 0 fully saturated rings. The van der Waals surface area contributed by atoms with Gasteiger partial charge < -0.3 is 29.2 Å². The molecule has 0 amide bonds. The lowest BCUT2D eigenvalue weighted by Crippen LogP contribution is -2.20. The van der Waals surface area contributed by atoms with E-state index < -0.39 is 11.9 Å². The first-order valence-electron chi connectivity index (χ1n) is 20.9. The van der Waals surface area contributed by atoms with Gasteiger partial charge in [-0.05, 0) is 138 Å². The zero-order chi connectivity index (χ0) is 44.9. The monoisotopic (exact) mass is 1050 g/mol. The number of benzene rings is 6. The summed E-state index contributed by atoms with van der Waals surface area (Å²) in [5.74, 6) is 1.28. The molecular weight excluding hydrogens is 998 g/mol. The molecule has 0 saturated carbocycles. The largest absolute Gasteiger partial charge is 0.508 e. The highest BCUT2D eigenvalue weighted by atomic mass is 127. The molecule has 0 unspecified atom stereocenters. The first-order valence-corrected chi connectivity index (χ1v) is 22.2. The van der Waals surface area contributed by atoms with E-state index >= 15 is 0 Å². The van der Waals surface area contributed by atoms with Crippen LogP contribution in [0.4, 0.5) is 0 Å². The number of ether oxygens (including phenoxy) is 4. The number of esters is 1. The number of aromatic hydroxyl groups is 1. The number of phenols is 1. The summed E-state index contributed by atoms with van der Waals surface area (Å²) in [6.45, 7) is 7.55. The van der Waals surface area contributed by atoms with Crippen LogP contribution in [0, 0.1) is 25.7 Å². The fourth-order valence-corrected chi connectivity index (χ4v) is 7.98. The highest BCUT2D eigenvalue weighted by Crippen LogP contribution is 2.34. The molecule has 2 heterocycles. The summed E-state index contributed by atoms with van der Waals surface area (Å²) in [5, 5.41) is 20.2. The van der Waals surface area contributed by atoms with Gasteiger partial charge in [0.05, 0.1) is 31.7 Å². The standard InChI is InChI=1S/C25H23ClO4.C14H12Cl2.C13H16O4.CH4.HI/c1-16-22(6-3-7-23(16)26)18-5-2-4-17(12-18)15-30-21-9-8-19-13-20(25(27)28)10-11-29-24(19)14-21;1-10-13(6-3-7-14(10)16)12-5-2-4-11(8-12)9-15;1-2-16-13(15)10-5-6-17-12-8-11(14)4-3-9(12)7-10;;/h2-9,12,14,20H,10-11,13,15H2,1H3,(H,27,28);2-8H,9H2,1H3;3-4,8,10,14H,2,5-7H2,1H3;1H4;1H/t20-;;10-;;/m1.1../s1. The molecule has 8 rings (SSSR count). The Kier molecular flexibility index (Phi) is 20.8. The number of carboxylic acids is 1. The zero-order valence-corrected chi connectivity index (χ0v) is 40.5. The predicted octanol–water partition coefficient (Wildman–Crippen LogP) is 14.1. The summed E-state index contributed by atoms with van der Waals surface area (Å²) in [4.78, 5) is 23.0. The Hall–Kier alpha value is -4.94. The Labute approximate surface area is 414 Å². The number of aliphatic carboxylic acids is 1. The third-order valence-electron chi connectivity index (χ3n) is 11.0. The normalized spacial score (nSPS) is 14.7. The Morgan fingerprint density at radius 1 is 0.692 bits per heavy atom. The maximum Gasteiger partial charge on any atom is 0.309 e. The fraction of sp³-hybridized carbons (Fsp3) is 0.283. The van der Waals surface area contributed by atoms with Crippen LogP contribution in [0.2, 0.25) is 10.0 Å². The summed E-state index contributed by atoms with van der Waals surface area (Å²) in [6.07, 6.45) is 2.24. The molecule has 65 heavy (non-hydrogen) atoms. The van der Waals surface area contributed by atoms with Gasteiger partial charge in [0, 0.05) is 28.1 Å². The SMILES string of the molecule is C.CCOC(=O)[C@@H]1CCOc2cc(O)ccc2C1.Cc1c(Cl)cccc1-c1cccc(CCl)c1.Cc1c(Cl)cccc1-c1cccc(COc2ccc3c(c2)OCC[C@@H](C(=O)O)C3)c1.I. The van der Waals surface area contributed by atoms with Gasteiger partial charge in [0.1, 0.15) is 29.6 Å². The van der Waals surface area contributed by atoms with Gasteiger partial charge in [-0.15, -0.1) is 35.6 Å². The average Bonchev–Trinajstić information content (AvgIpc) is 3.64. The van der Waals surface area contributed by atoms with Gasteiger partial charge in [-0.1, -0.05) is 103 Å². The van der Waals surface area contributed by atoms with Gasteiger partial charge >= 0.3 is 11.9 Å². The number of fused-ring (bicyclic) bond motifs is 2. The predicted molar refractivity (Wildman–Crippen MR) is 273 cm³/mol. The van der Waals surface area contributed by atoms with Crippen molar-refractivity contribution < 1.29 is 38.7 Å². The Balaban J connectivity index is 0.000000226. The van der Waals surface area contributed by atoms with E-state index in [0.717, 1.165) is 60.1 Å². The lowest BCUT2D eigenvalue weighted by Gasteiger charge is -2.13. The van der Waals surface area contributed by atoms with Crippen molar-refractivity contribution >= 4 is 70.7 Å². The summed E-state index contributed by atoms with van der Waals surface area (Å²) >= 11 is 18.2. The fourth-order valence-electron chi connectivity index (χ4n) is 7.46. The second-order valence-electron chi connectivity index (χ2n) is 15.4. The van der Waals surface area contributed by atoms with Gasteiger partial charge in [-0.2, -0.15) is 0 Å². The summed E-state index contributed by atoms with van der Waals surface area (Å²) in [7, 11) is 0. The number of carbonyl (C=O) groups is 2. The zero-order valence-electron chi connectivity index (χ0n) is 36.0. The van der Waals surface area contributed by atoms with Crippen molar-refractivity contribution in [2.45, 2.75) is 66.4 Å². The number of hydrogen-bond acceptors (Lipinski definition) is 7. The van der Waals surface area contributed by atoms with Crippen molar-refractivity contribution in [1.82, 2.24) is 0 Å². The van der Waals surface area contributed by atoms with Crippen molar-refractivity contribution in [2.75, 3.05) is 19.8 Å². The average molecular weight is 1050 g/mol. The Morgan fingerprint density at radius 3 is 1.80 bits per heavy atom. The van der Waals surface area contributed by atoms with Crippen LogP contribution in [0.25, 0.3) is 22.3 Å². The van der Waals surface area contributed by atoms with E-state index in [1.165, 1.54) is 5.56 Å². The third-order valence-corrected chi connectivity index (χ3v) is 12.1. The summed E-state index contributed by atoms with van der Waals surface area (Å²) in [5.41, 5.74) is 10.7. The lowest BCUT2D eigenvalue weighted by molar-refractivity contribution is -0.148. The number of carboxylic acid groups (broad SMARTS) is 1. The molecule has 12 heteroatoms. The summed E-state index contributed by atoms with van der Waals surface area (Å²) in [6, 6.07) is 38.9. The van der Waals surface area contributed by atoms with Crippen molar-refractivity contribution in [3.63, 3.8) is 0 Å². The van der Waals surface area contributed by atoms with Crippen molar-refractivity contribution in [3.8, 4) is 45.3 Å². The molecule has 0 spiro atoms. The number of carbonyl (C=O) groups excluding carboxylic acids is 1. The minimum atomic E-state index is -0.776. The van der Waals surface area contributed by atoms with Crippen LogP contribution in [-0.2, 0) is 39.7 Å². The van der Waals surface area contributed by atoms with Crippen LogP contribution in [-0.4, -0.2) is 42.0 Å². The maximum atomic E-state index is 11.7. The smallest absolute Gasteiger partial charge is 0.309 e. The van der Waals surface area contributed by atoms with Crippen molar-refractivity contribution in [1.29, 1.82) is 0 Å². The first kappa shape index (κ1) is 52.7. The molecule has 6 aromatic carbocycles. The van der Waals surface area contributed by atoms with Gasteiger partial charge in [-0.3, -0.25) is 9.59 Å². The van der Waals surface area contributed by atoms with Crippen LogP contribution < -0.4 is 14.2 Å². The van der Waals surface area contributed by atoms with E-state index in [1.807, 2.05) is 80.6 Å². The van der Waals surface area contributed by atoms with E-state index in [-0.39, 0.29) is 49.0 Å². The van der Waals surface area contributed by atoms with Crippen LogP contribution in [0.5, 0.6) is 23.0 Å². The van der Waals surface area contributed by atoms with E-state index in [0.29, 0.717) is 75.2 Å². The van der Waals surface area contributed by atoms with Crippen LogP contribution in [0.1, 0.15) is 60.6 Å². The topological polar surface area (TPSA) is 112 Å². The van der Waals surface area contributed by atoms with E-state index in [9.17, 15) is 19.8 Å². The van der Waals surface area contributed by atoms with E-state index in [1.54, 1.807) is 25.1 Å². The molecule has 0 aromatic heterocycles. The van der Waals surface area contributed by atoms with Crippen LogP contribution in [0.15, 0.2) is 121 Å². The number of alkyl halides is 1. The minimum Gasteiger partial charge on any atom is -0.508 e. The molecule has 2 aliphatic rings. The van der Waals surface area contributed by atoms with Crippen LogP contribution in [0.3, 0.4) is 0 Å². The Bertz CT molecular complexity index is 2530. The maximum absolute atomic E-state index is 11.7. The molecule has 0 aliphatic carbocycles. The second-order valence-corrected chi connectivity index (χ2v) is 16.5. The molecule has 2 N–H and O–H groups in total. The molecule has 6 aromatic rings. The second kappa shape index (κ2) is 25.7. The quantitative estimate of drug-likeness (QED) is 0.0837. The number of rotatable bonds is 9. The molecule has 0 radical (unpaired) electrons. The molecule has 0 bridgehead atoms. The van der Waals surface area contributed by atoms with Crippen LogP contribution >= 0.6 is 58.8 Å². The van der Waals surface area contributed by atoms with Gasteiger partial charge in [0.25, 0.3) is 0 Å². The van der Waals surface area contributed by atoms with E-state index in [4.69, 9.17) is 53.8 Å². The molecule has 2 aliphatic heterocycles. The molecule has 344 valence electrons. The summed E-state index contributed by atoms with van der Waals surface area (Å²) < 4.78 is 22.3. The number of hydrogen-bond donors (Lipinski definition) is 2. The minimum absolute atomic E-state index is 0. The molecule has 0 saturated heterocycles. The highest BCUT2D eigenvalue weighted by Gasteiger charge is 2.26. The molecule has 8 nitrogen and oxygen atoms in total. The van der Waals surface area contributed by atoms with E-state index in [2.05, 4.69) is 36.4 Å². The molecular formula is C53H56Cl3IO8. The van der Waals surface area contributed by atoms with Gasteiger partial charge in [-0.25, -0.2) is 0 Å². The Morgan fingerprint density at radius 2 is 1.22 bits per heavy atom. The highest BCUT2D eigenvalue weighted by molar-refractivity contribution is 14.0. The van der Waals surface area contributed by atoms with Crippen molar-refractivity contribution in [2.24, 2.45) is 11.8 Å². The number of halogens is 4.